The van der Waals surface area contributed by atoms with Gasteiger partial charge in [-0.15, -0.1) is 0 Å². The van der Waals surface area contributed by atoms with Crippen molar-refractivity contribution in [1.29, 1.82) is 0 Å². The molecule has 8 nitrogen and oxygen atoms in total. The van der Waals surface area contributed by atoms with Gasteiger partial charge in [0.1, 0.15) is 5.52 Å². The van der Waals surface area contributed by atoms with E-state index in [-0.39, 0.29) is 18.2 Å². The SMILES string of the molecule is CC1(Nc2ncc3nc(Nc4cccc(Cl)c4)n([C@H]4CC[C@H](CO)CC4)c3n2)CCOCC1. The molecule has 0 bridgehead atoms. The molecule has 0 amide bonds. The monoisotopic (exact) mass is 470 g/mol. The number of fused-ring (bicyclic) bond motifs is 1. The smallest absolute Gasteiger partial charge is 0.225 e. The predicted molar refractivity (Wildman–Crippen MR) is 130 cm³/mol. The number of rotatable bonds is 6. The summed E-state index contributed by atoms with van der Waals surface area (Å²) in [6.45, 7) is 3.93. The van der Waals surface area contributed by atoms with Crippen LogP contribution in [0.2, 0.25) is 5.02 Å². The minimum absolute atomic E-state index is 0.0855. The highest BCUT2D eigenvalue weighted by Gasteiger charge is 2.30. The van der Waals surface area contributed by atoms with Crippen LogP contribution in [0.15, 0.2) is 30.5 Å². The van der Waals surface area contributed by atoms with E-state index in [9.17, 15) is 5.11 Å². The molecule has 1 aromatic carbocycles. The van der Waals surface area contributed by atoms with Gasteiger partial charge in [-0.25, -0.2) is 9.97 Å². The molecule has 0 atom stereocenters. The van der Waals surface area contributed by atoms with Crippen molar-refractivity contribution < 1.29 is 9.84 Å². The maximum atomic E-state index is 9.59. The molecular formula is C24H31ClN6O2. The molecule has 3 heterocycles. The molecule has 1 saturated carbocycles. The van der Waals surface area contributed by atoms with Crippen molar-refractivity contribution in [3.05, 3.63) is 35.5 Å². The molecule has 1 aliphatic carbocycles. The topological polar surface area (TPSA) is 97.1 Å². The van der Waals surface area contributed by atoms with E-state index in [1.54, 1.807) is 6.20 Å². The van der Waals surface area contributed by atoms with E-state index in [0.29, 0.717) is 16.9 Å². The van der Waals surface area contributed by atoms with E-state index in [0.717, 1.165) is 74.5 Å². The van der Waals surface area contributed by atoms with Gasteiger partial charge in [-0.2, -0.15) is 4.98 Å². The molecule has 176 valence electrons. The van der Waals surface area contributed by atoms with Gasteiger partial charge in [0, 0.05) is 42.1 Å². The first kappa shape index (κ1) is 22.4. The third-order valence-corrected chi connectivity index (χ3v) is 7.20. The molecule has 2 aromatic heterocycles. The summed E-state index contributed by atoms with van der Waals surface area (Å²) in [5, 5.41) is 17.3. The van der Waals surface area contributed by atoms with E-state index < -0.39 is 0 Å². The van der Waals surface area contributed by atoms with Crippen molar-refractivity contribution in [2.45, 2.75) is 57.0 Å². The molecule has 0 spiro atoms. The van der Waals surface area contributed by atoms with Crippen LogP contribution in [0.5, 0.6) is 0 Å². The second kappa shape index (κ2) is 9.44. The lowest BCUT2D eigenvalue weighted by atomic mass is 9.86. The van der Waals surface area contributed by atoms with Crippen LogP contribution >= 0.6 is 11.6 Å². The molecule has 3 N–H and O–H groups in total. The first-order chi connectivity index (χ1) is 16.0. The molecule has 33 heavy (non-hydrogen) atoms. The molecule has 9 heteroatoms. The van der Waals surface area contributed by atoms with E-state index in [4.69, 9.17) is 26.3 Å². The molecule has 1 saturated heterocycles. The van der Waals surface area contributed by atoms with Gasteiger partial charge >= 0.3 is 0 Å². The first-order valence-corrected chi connectivity index (χ1v) is 12.2. The molecule has 0 radical (unpaired) electrons. The Labute approximate surface area is 198 Å². The van der Waals surface area contributed by atoms with Crippen molar-refractivity contribution in [3.8, 4) is 0 Å². The van der Waals surface area contributed by atoms with Gasteiger partial charge in [0.05, 0.1) is 6.20 Å². The first-order valence-electron chi connectivity index (χ1n) is 11.8. The zero-order valence-electron chi connectivity index (χ0n) is 18.9. The summed E-state index contributed by atoms with van der Waals surface area (Å²) in [4.78, 5) is 14.3. The van der Waals surface area contributed by atoms with Crippen LogP contribution in [-0.2, 0) is 4.74 Å². The summed E-state index contributed by atoms with van der Waals surface area (Å²) in [5.41, 5.74) is 2.37. The van der Waals surface area contributed by atoms with Gasteiger partial charge in [-0.1, -0.05) is 17.7 Å². The molecule has 2 aliphatic rings. The summed E-state index contributed by atoms with van der Waals surface area (Å²) in [6.07, 6.45) is 7.57. The zero-order chi connectivity index (χ0) is 22.8. The van der Waals surface area contributed by atoms with Crippen LogP contribution in [0.3, 0.4) is 0 Å². The van der Waals surface area contributed by atoms with Crippen molar-refractivity contribution in [2.75, 3.05) is 30.5 Å². The quantitative estimate of drug-likeness (QED) is 0.470. The lowest BCUT2D eigenvalue weighted by molar-refractivity contribution is 0.0656. The number of benzene rings is 1. The standard InChI is InChI=1S/C24H31ClN6O2/c1-24(9-11-33-12-10-24)30-22-26-14-20-21(29-22)31(19-7-5-16(15-32)6-8-19)23(28-20)27-18-4-2-3-17(25)13-18/h2-4,13-14,16,19,32H,5-12,15H2,1H3,(H,27,28)(H,26,29,30)/t16-,19-. The number of nitrogens with one attached hydrogen (secondary N) is 2. The van der Waals surface area contributed by atoms with Crippen molar-refractivity contribution >= 4 is 40.3 Å². The summed E-state index contributed by atoms with van der Waals surface area (Å²) in [7, 11) is 0. The normalized spacial score (nSPS) is 22.9. The number of aromatic nitrogens is 4. The van der Waals surface area contributed by atoms with Crippen LogP contribution in [-0.4, -0.2) is 50.0 Å². The number of hydrogen-bond donors (Lipinski definition) is 3. The number of nitrogens with zero attached hydrogens (tertiary/aromatic N) is 4. The van der Waals surface area contributed by atoms with E-state index in [1.165, 1.54) is 0 Å². The molecule has 3 aromatic rings. The molecule has 1 aliphatic heterocycles. The number of halogens is 1. The van der Waals surface area contributed by atoms with Crippen LogP contribution in [0.1, 0.15) is 51.5 Å². The Morgan fingerprint density at radius 1 is 1.18 bits per heavy atom. The van der Waals surface area contributed by atoms with Crippen molar-refractivity contribution in [1.82, 2.24) is 19.5 Å². The third-order valence-electron chi connectivity index (χ3n) is 6.96. The second-order valence-electron chi connectivity index (χ2n) is 9.50. The molecule has 2 fully saturated rings. The van der Waals surface area contributed by atoms with Crippen LogP contribution in [0.4, 0.5) is 17.6 Å². The molecule has 0 unspecified atom stereocenters. The van der Waals surface area contributed by atoms with Gasteiger partial charge in [0.15, 0.2) is 5.65 Å². The summed E-state index contributed by atoms with van der Waals surface area (Å²) in [5.74, 6) is 1.73. The van der Waals surface area contributed by atoms with Gasteiger partial charge < -0.3 is 20.5 Å². The largest absolute Gasteiger partial charge is 0.396 e. The van der Waals surface area contributed by atoms with Gasteiger partial charge in [-0.05, 0) is 69.6 Å². The minimum atomic E-state index is -0.0855. The Balaban J connectivity index is 1.51. The highest BCUT2D eigenvalue weighted by atomic mass is 35.5. The zero-order valence-corrected chi connectivity index (χ0v) is 19.7. The highest BCUT2D eigenvalue weighted by Crippen LogP contribution is 2.37. The third kappa shape index (κ3) is 4.93. The van der Waals surface area contributed by atoms with Crippen LogP contribution in [0, 0.1) is 5.92 Å². The fourth-order valence-electron chi connectivity index (χ4n) is 4.88. The molecule has 5 rings (SSSR count). The summed E-state index contributed by atoms with van der Waals surface area (Å²) >= 11 is 6.21. The number of ether oxygens (including phenoxy) is 1. The number of aliphatic hydroxyl groups is 1. The average molecular weight is 471 g/mol. The summed E-state index contributed by atoms with van der Waals surface area (Å²) in [6, 6.07) is 7.88. The fraction of sp³-hybridized carbons (Fsp3) is 0.542. The number of imidazole rings is 1. The Morgan fingerprint density at radius 2 is 1.97 bits per heavy atom. The Kier molecular flexibility index (Phi) is 6.40. The highest BCUT2D eigenvalue weighted by molar-refractivity contribution is 6.30. The van der Waals surface area contributed by atoms with Gasteiger partial charge in [0.25, 0.3) is 0 Å². The predicted octanol–water partition coefficient (Wildman–Crippen LogP) is 4.93. The number of hydrogen-bond acceptors (Lipinski definition) is 7. The lowest BCUT2D eigenvalue weighted by Gasteiger charge is -2.34. The molecular weight excluding hydrogens is 440 g/mol. The van der Waals surface area contributed by atoms with E-state index >= 15 is 0 Å². The van der Waals surface area contributed by atoms with E-state index in [2.05, 4.69) is 27.1 Å². The van der Waals surface area contributed by atoms with Crippen molar-refractivity contribution in [2.24, 2.45) is 5.92 Å². The Bertz CT molecular complexity index is 1110. The second-order valence-corrected chi connectivity index (χ2v) is 9.93. The number of aliphatic hydroxyl groups excluding tert-OH is 1. The fourth-order valence-corrected chi connectivity index (χ4v) is 5.07. The minimum Gasteiger partial charge on any atom is -0.396 e. The maximum Gasteiger partial charge on any atom is 0.225 e. The number of anilines is 3. The van der Waals surface area contributed by atoms with Gasteiger partial charge in [-0.3, -0.25) is 4.57 Å². The maximum absolute atomic E-state index is 9.59. The Morgan fingerprint density at radius 3 is 2.70 bits per heavy atom. The average Bonchev–Trinajstić information content (AvgIpc) is 3.16. The van der Waals surface area contributed by atoms with Crippen molar-refractivity contribution in [3.63, 3.8) is 0 Å². The van der Waals surface area contributed by atoms with Gasteiger partial charge in [0.2, 0.25) is 11.9 Å². The lowest BCUT2D eigenvalue weighted by Crippen LogP contribution is -2.41. The Hall–Kier alpha value is -2.42. The summed E-state index contributed by atoms with van der Waals surface area (Å²) < 4.78 is 7.74. The van der Waals surface area contributed by atoms with Crippen LogP contribution < -0.4 is 10.6 Å². The van der Waals surface area contributed by atoms with E-state index in [1.807, 2.05) is 24.3 Å². The van der Waals surface area contributed by atoms with Crippen LogP contribution in [0.25, 0.3) is 11.2 Å².